The first-order chi connectivity index (χ1) is 13.5. The van der Waals surface area contributed by atoms with Gasteiger partial charge in [0.15, 0.2) is 0 Å². The largest absolute Gasteiger partial charge is 0.345 e. The SMILES string of the molecule is CC(NC(=O)c1ccccc1NC(=O)c1cccc(Cl)c1Cl)c1ccccc1. The van der Waals surface area contributed by atoms with Gasteiger partial charge in [0.1, 0.15) is 0 Å². The van der Waals surface area contributed by atoms with Gasteiger partial charge in [0.2, 0.25) is 0 Å². The molecule has 0 bridgehead atoms. The van der Waals surface area contributed by atoms with E-state index in [9.17, 15) is 9.59 Å². The first-order valence-corrected chi connectivity index (χ1v) is 9.43. The molecule has 2 N–H and O–H groups in total. The summed E-state index contributed by atoms with van der Waals surface area (Å²) in [6.45, 7) is 1.90. The molecule has 0 aromatic heterocycles. The van der Waals surface area contributed by atoms with Gasteiger partial charge in [-0.25, -0.2) is 0 Å². The lowest BCUT2D eigenvalue weighted by Gasteiger charge is -2.16. The quantitative estimate of drug-likeness (QED) is 0.561. The molecule has 0 heterocycles. The van der Waals surface area contributed by atoms with Crippen LogP contribution < -0.4 is 10.6 Å². The van der Waals surface area contributed by atoms with E-state index in [0.29, 0.717) is 11.3 Å². The van der Waals surface area contributed by atoms with Crippen LogP contribution in [0.3, 0.4) is 0 Å². The van der Waals surface area contributed by atoms with Gasteiger partial charge < -0.3 is 10.6 Å². The summed E-state index contributed by atoms with van der Waals surface area (Å²) >= 11 is 12.1. The lowest BCUT2D eigenvalue weighted by molar-refractivity contribution is 0.0941. The van der Waals surface area contributed by atoms with Crippen molar-refractivity contribution in [3.8, 4) is 0 Å². The third kappa shape index (κ3) is 4.53. The number of benzene rings is 3. The number of rotatable bonds is 5. The molecule has 2 amide bonds. The van der Waals surface area contributed by atoms with E-state index in [1.807, 2.05) is 37.3 Å². The Labute approximate surface area is 173 Å². The third-order valence-corrected chi connectivity index (χ3v) is 5.08. The van der Waals surface area contributed by atoms with Crippen molar-refractivity contribution in [1.82, 2.24) is 5.32 Å². The maximum atomic E-state index is 12.8. The number of hydrogen-bond acceptors (Lipinski definition) is 2. The van der Waals surface area contributed by atoms with E-state index in [1.54, 1.807) is 42.5 Å². The van der Waals surface area contributed by atoms with Crippen LogP contribution in [0, 0.1) is 0 Å². The zero-order valence-corrected chi connectivity index (χ0v) is 16.6. The normalized spacial score (nSPS) is 11.5. The van der Waals surface area contributed by atoms with Crippen molar-refractivity contribution in [3.63, 3.8) is 0 Å². The first kappa shape index (κ1) is 19.9. The van der Waals surface area contributed by atoms with Crippen LogP contribution in [0.5, 0.6) is 0 Å². The van der Waals surface area contributed by atoms with Crippen LogP contribution in [0.25, 0.3) is 0 Å². The molecule has 0 radical (unpaired) electrons. The fourth-order valence-corrected chi connectivity index (χ4v) is 3.14. The van der Waals surface area contributed by atoms with Gasteiger partial charge in [-0.15, -0.1) is 0 Å². The number of halogens is 2. The van der Waals surface area contributed by atoms with E-state index in [2.05, 4.69) is 10.6 Å². The number of nitrogens with one attached hydrogen (secondary N) is 2. The summed E-state index contributed by atoms with van der Waals surface area (Å²) in [5.74, 6) is -0.728. The fourth-order valence-electron chi connectivity index (χ4n) is 2.76. The Hall–Kier alpha value is -2.82. The summed E-state index contributed by atoms with van der Waals surface area (Å²) in [6.07, 6.45) is 0. The molecule has 3 rings (SSSR count). The summed E-state index contributed by atoms with van der Waals surface area (Å²) in [6, 6.07) is 21.1. The molecule has 142 valence electrons. The van der Waals surface area contributed by atoms with Crippen molar-refractivity contribution in [2.75, 3.05) is 5.32 Å². The number of anilines is 1. The van der Waals surface area contributed by atoms with Crippen molar-refractivity contribution in [2.24, 2.45) is 0 Å². The van der Waals surface area contributed by atoms with E-state index in [-0.39, 0.29) is 27.6 Å². The molecule has 0 aliphatic carbocycles. The van der Waals surface area contributed by atoms with Crippen molar-refractivity contribution >= 4 is 40.7 Å². The number of carbonyl (C=O) groups is 2. The second-order valence-electron chi connectivity index (χ2n) is 6.21. The molecule has 1 unspecified atom stereocenters. The smallest absolute Gasteiger partial charge is 0.257 e. The van der Waals surface area contributed by atoms with Crippen molar-refractivity contribution in [1.29, 1.82) is 0 Å². The van der Waals surface area contributed by atoms with Gasteiger partial charge in [-0.2, -0.15) is 0 Å². The number of hydrogen-bond donors (Lipinski definition) is 2. The van der Waals surface area contributed by atoms with E-state index < -0.39 is 5.91 Å². The fraction of sp³-hybridized carbons (Fsp3) is 0.0909. The van der Waals surface area contributed by atoms with Gasteiger partial charge in [0.25, 0.3) is 11.8 Å². The van der Waals surface area contributed by atoms with Gasteiger partial charge in [-0.1, -0.05) is 71.7 Å². The Morgan fingerprint density at radius 3 is 2.18 bits per heavy atom. The predicted octanol–water partition coefficient (Wildman–Crippen LogP) is 5.74. The van der Waals surface area contributed by atoms with Crippen molar-refractivity contribution in [3.05, 3.63) is 99.5 Å². The number of carbonyl (C=O) groups excluding carboxylic acids is 2. The molecule has 4 nitrogen and oxygen atoms in total. The van der Waals surface area contributed by atoms with Gasteiger partial charge in [-0.3, -0.25) is 9.59 Å². The van der Waals surface area contributed by atoms with Gasteiger partial charge in [-0.05, 0) is 36.8 Å². The molecule has 0 fully saturated rings. The zero-order chi connectivity index (χ0) is 20.1. The molecule has 0 aliphatic rings. The Kier molecular flexibility index (Phi) is 6.34. The average molecular weight is 413 g/mol. The molecule has 1 atom stereocenters. The minimum absolute atomic E-state index is 0.168. The second kappa shape index (κ2) is 8.91. The number of amides is 2. The lowest BCUT2D eigenvalue weighted by Crippen LogP contribution is -2.28. The molecule has 0 aliphatic heterocycles. The highest BCUT2D eigenvalue weighted by Gasteiger charge is 2.18. The lowest BCUT2D eigenvalue weighted by atomic mass is 10.1. The topological polar surface area (TPSA) is 58.2 Å². The van der Waals surface area contributed by atoms with Crippen LogP contribution in [0.15, 0.2) is 72.8 Å². The maximum absolute atomic E-state index is 12.8. The van der Waals surface area contributed by atoms with Crippen molar-refractivity contribution in [2.45, 2.75) is 13.0 Å². The first-order valence-electron chi connectivity index (χ1n) is 8.67. The van der Waals surface area contributed by atoms with E-state index in [1.165, 1.54) is 0 Å². The van der Waals surface area contributed by atoms with Crippen LogP contribution in [-0.4, -0.2) is 11.8 Å². The highest BCUT2D eigenvalue weighted by atomic mass is 35.5. The van der Waals surface area contributed by atoms with Crippen LogP contribution in [0.2, 0.25) is 10.0 Å². The molecular formula is C22H18Cl2N2O2. The van der Waals surface area contributed by atoms with E-state index in [0.717, 1.165) is 5.56 Å². The summed E-state index contributed by atoms with van der Waals surface area (Å²) in [5, 5.41) is 6.15. The highest BCUT2D eigenvalue weighted by Crippen LogP contribution is 2.27. The second-order valence-corrected chi connectivity index (χ2v) is 6.99. The Bertz CT molecular complexity index is 1010. The van der Waals surface area contributed by atoms with E-state index >= 15 is 0 Å². The van der Waals surface area contributed by atoms with Crippen molar-refractivity contribution < 1.29 is 9.59 Å². The standard InChI is InChI=1S/C22H18Cl2N2O2/c1-14(15-8-3-2-4-9-15)25-21(27)16-10-5-6-13-19(16)26-22(28)17-11-7-12-18(23)20(17)24/h2-14H,1H3,(H,25,27)(H,26,28). The molecule has 6 heteroatoms. The molecule has 0 saturated heterocycles. The molecule has 3 aromatic rings. The summed E-state index contributed by atoms with van der Waals surface area (Å²) in [5.41, 5.74) is 1.98. The summed E-state index contributed by atoms with van der Waals surface area (Å²) < 4.78 is 0. The summed E-state index contributed by atoms with van der Waals surface area (Å²) in [4.78, 5) is 25.4. The minimum Gasteiger partial charge on any atom is -0.345 e. The summed E-state index contributed by atoms with van der Waals surface area (Å²) in [7, 11) is 0. The van der Waals surface area contributed by atoms with Gasteiger partial charge in [0, 0.05) is 0 Å². The van der Waals surface area contributed by atoms with Gasteiger partial charge >= 0.3 is 0 Å². The van der Waals surface area contributed by atoms with Gasteiger partial charge in [0.05, 0.1) is 32.9 Å². The van der Waals surface area contributed by atoms with Crippen LogP contribution in [0.1, 0.15) is 39.2 Å². The van der Waals surface area contributed by atoms with Crippen LogP contribution in [0.4, 0.5) is 5.69 Å². The molecule has 3 aromatic carbocycles. The molecule has 28 heavy (non-hydrogen) atoms. The minimum atomic E-state index is -0.441. The monoisotopic (exact) mass is 412 g/mol. The zero-order valence-electron chi connectivity index (χ0n) is 15.1. The Balaban J connectivity index is 1.80. The highest BCUT2D eigenvalue weighted by molar-refractivity contribution is 6.44. The van der Waals surface area contributed by atoms with Crippen LogP contribution >= 0.6 is 23.2 Å². The molecular weight excluding hydrogens is 395 g/mol. The van der Waals surface area contributed by atoms with E-state index in [4.69, 9.17) is 23.2 Å². The molecule has 0 spiro atoms. The maximum Gasteiger partial charge on any atom is 0.257 e. The third-order valence-electron chi connectivity index (χ3n) is 4.26. The predicted molar refractivity (Wildman–Crippen MR) is 113 cm³/mol. The Morgan fingerprint density at radius 1 is 0.786 bits per heavy atom. The molecule has 0 saturated carbocycles. The average Bonchev–Trinajstić information content (AvgIpc) is 2.71. The Morgan fingerprint density at radius 2 is 1.43 bits per heavy atom. The number of para-hydroxylation sites is 1. The van der Waals surface area contributed by atoms with Crippen LogP contribution in [-0.2, 0) is 0 Å².